The number of hydrogen-bond acceptors (Lipinski definition) is 4. The molecule has 0 aliphatic carbocycles. The maximum Gasteiger partial charge on any atom is 0.337 e. The maximum absolute atomic E-state index is 12.3. The monoisotopic (exact) mass is 326 g/mol. The summed E-state index contributed by atoms with van der Waals surface area (Å²) in [4.78, 5) is 36.8. The smallest absolute Gasteiger partial charge is 0.337 e. The van der Waals surface area contributed by atoms with Crippen LogP contribution in [0, 0.1) is 0 Å². The van der Waals surface area contributed by atoms with Crippen LogP contribution in [0.1, 0.15) is 27.6 Å². The summed E-state index contributed by atoms with van der Waals surface area (Å²) in [5.74, 6) is -0.970. The molecule has 2 rings (SSSR count). The first-order valence-electron chi connectivity index (χ1n) is 7.26. The van der Waals surface area contributed by atoms with Gasteiger partial charge in [-0.25, -0.2) is 4.79 Å². The van der Waals surface area contributed by atoms with Crippen LogP contribution < -0.4 is 10.2 Å². The summed E-state index contributed by atoms with van der Waals surface area (Å²) < 4.78 is 4.65. The maximum atomic E-state index is 12.3. The first kappa shape index (κ1) is 17.2. The first-order chi connectivity index (χ1) is 11.4. The summed E-state index contributed by atoms with van der Waals surface area (Å²) >= 11 is 0. The number of benzene rings is 2. The van der Waals surface area contributed by atoms with E-state index in [0.717, 1.165) is 0 Å². The average molecular weight is 326 g/mol. The largest absolute Gasteiger partial charge is 0.465 e. The summed E-state index contributed by atoms with van der Waals surface area (Å²) in [6.45, 7) is 1.46. The molecule has 0 aliphatic heterocycles. The van der Waals surface area contributed by atoms with Crippen LogP contribution in [0.5, 0.6) is 0 Å². The van der Waals surface area contributed by atoms with Crippen molar-refractivity contribution in [3.8, 4) is 0 Å². The Hall–Kier alpha value is -3.15. The summed E-state index contributed by atoms with van der Waals surface area (Å²) in [7, 11) is 2.94. The molecule has 0 saturated heterocycles. The van der Waals surface area contributed by atoms with Crippen LogP contribution in [-0.4, -0.2) is 31.9 Å². The normalized spacial score (nSPS) is 9.96. The molecule has 0 bridgehead atoms. The Labute approximate surface area is 140 Å². The molecule has 1 N–H and O–H groups in total. The molecule has 0 saturated carbocycles. The molecule has 2 aromatic carbocycles. The molecule has 24 heavy (non-hydrogen) atoms. The Morgan fingerprint density at radius 2 is 1.67 bits per heavy atom. The van der Waals surface area contributed by atoms with E-state index in [9.17, 15) is 14.4 Å². The van der Waals surface area contributed by atoms with Crippen LogP contribution >= 0.6 is 0 Å². The fourth-order valence-corrected chi connectivity index (χ4v) is 2.08. The van der Waals surface area contributed by atoms with Gasteiger partial charge in [-0.2, -0.15) is 0 Å². The lowest BCUT2D eigenvalue weighted by molar-refractivity contribution is -0.116. The van der Waals surface area contributed by atoms with Gasteiger partial charge in [-0.05, 0) is 36.4 Å². The second-order valence-electron chi connectivity index (χ2n) is 5.15. The topological polar surface area (TPSA) is 75.7 Å². The van der Waals surface area contributed by atoms with Crippen molar-refractivity contribution in [1.29, 1.82) is 0 Å². The van der Waals surface area contributed by atoms with Gasteiger partial charge in [0.2, 0.25) is 5.91 Å². The second kappa shape index (κ2) is 7.41. The minimum Gasteiger partial charge on any atom is -0.465 e. The van der Waals surface area contributed by atoms with Crippen molar-refractivity contribution < 1.29 is 19.1 Å². The summed E-state index contributed by atoms with van der Waals surface area (Å²) in [6, 6.07) is 13.2. The SMILES string of the molecule is COC(=O)c1cccc(C(=O)Nc2cccc(N(C)C(C)=O)c2)c1. The number of nitrogens with one attached hydrogen (secondary N) is 1. The zero-order chi connectivity index (χ0) is 17.7. The molecule has 0 spiro atoms. The Morgan fingerprint density at radius 3 is 2.33 bits per heavy atom. The lowest BCUT2D eigenvalue weighted by Gasteiger charge is -2.16. The molecular weight excluding hydrogens is 308 g/mol. The van der Waals surface area contributed by atoms with Crippen LogP contribution in [0.4, 0.5) is 11.4 Å². The van der Waals surface area contributed by atoms with Gasteiger partial charge in [0.15, 0.2) is 0 Å². The van der Waals surface area contributed by atoms with Crippen molar-refractivity contribution in [1.82, 2.24) is 0 Å². The van der Waals surface area contributed by atoms with E-state index in [2.05, 4.69) is 10.1 Å². The highest BCUT2D eigenvalue weighted by Crippen LogP contribution is 2.19. The van der Waals surface area contributed by atoms with E-state index in [-0.39, 0.29) is 11.8 Å². The van der Waals surface area contributed by atoms with Gasteiger partial charge in [-0.1, -0.05) is 12.1 Å². The number of methoxy groups -OCH3 is 1. The van der Waals surface area contributed by atoms with Crippen LogP contribution in [0.15, 0.2) is 48.5 Å². The summed E-state index contributed by atoms with van der Waals surface area (Å²) in [5, 5.41) is 2.75. The minimum atomic E-state index is -0.505. The third-order valence-corrected chi connectivity index (χ3v) is 3.51. The first-order valence-corrected chi connectivity index (χ1v) is 7.26. The van der Waals surface area contributed by atoms with Crippen LogP contribution in [0.3, 0.4) is 0 Å². The van der Waals surface area contributed by atoms with E-state index in [1.165, 1.54) is 25.0 Å². The van der Waals surface area contributed by atoms with Crippen molar-refractivity contribution in [2.24, 2.45) is 0 Å². The number of carbonyl (C=O) groups is 3. The number of amides is 2. The fourth-order valence-electron chi connectivity index (χ4n) is 2.08. The number of ether oxygens (including phenoxy) is 1. The fraction of sp³-hybridized carbons (Fsp3) is 0.167. The molecule has 0 aliphatic rings. The number of anilines is 2. The van der Waals surface area contributed by atoms with Gasteiger partial charge < -0.3 is 15.0 Å². The Morgan fingerprint density at radius 1 is 1.00 bits per heavy atom. The summed E-state index contributed by atoms with van der Waals surface area (Å²) in [5.41, 5.74) is 1.86. The van der Waals surface area contributed by atoms with E-state index in [1.807, 2.05) is 0 Å². The molecule has 0 unspecified atom stereocenters. The molecule has 124 valence electrons. The van der Waals surface area contributed by atoms with Crippen molar-refractivity contribution >= 4 is 29.2 Å². The Balaban J connectivity index is 2.20. The molecule has 0 fully saturated rings. The predicted octanol–water partition coefficient (Wildman–Crippen LogP) is 2.71. The van der Waals surface area contributed by atoms with E-state index in [4.69, 9.17) is 0 Å². The lowest BCUT2D eigenvalue weighted by atomic mass is 10.1. The standard InChI is InChI=1S/C18H18N2O4/c1-12(21)20(2)16-9-5-8-15(11-16)19-17(22)13-6-4-7-14(10-13)18(23)24-3/h4-11H,1-3H3,(H,19,22). The zero-order valence-electron chi connectivity index (χ0n) is 13.7. The minimum absolute atomic E-state index is 0.107. The van der Waals surface area contributed by atoms with Crippen molar-refractivity contribution in [2.75, 3.05) is 24.4 Å². The van der Waals surface area contributed by atoms with Gasteiger partial charge >= 0.3 is 5.97 Å². The van der Waals surface area contributed by atoms with E-state index < -0.39 is 5.97 Å². The second-order valence-corrected chi connectivity index (χ2v) is 5.15. The highest BCUT2D eigenvalue weighted by atomic mass is 16.5. The van der Waals surface area contributed by atoms with Gasteiger partial charge in [0.1, 0.15) is 0 Å². The van der Waals surface area contributed by atoms with Crippen LogP contribution in [-0.2, 0) is 9.53 Å². The molecular formula is C18H18N2O4. The Bertz CT molecular complexity index is 786. The molecule has 6 heteroatoms. The predicted molar refractivity (Wildman–Crippen MR) is 91.3 cm³/mol. The zero-order valence-corrected chi connectivity index (χ0v) is 13.7. The molecule has 0 aromatic heterocycles. The number of carbonyl (C=O) groups excluding carboxylic acids is 3. The number of rotatable bonds is 4. The Kier molecular flexibility index (Phi) is 5.31. The van der Waals surface area contributed by atoms with Gasteiger partial charge in [-0.15, -0.1) is 0 Å². The van der Waals surface area contributed by atoms with E-state index in [1.54, 1.807) is 49.5 Å². The van der Waals surface area contributed by atoms with Gasteiger partial charge in [0, 0.05) is 30.9 Å². The third-order valence-electron chi connectivity index (χ3n) is 3.51. The highest BCUT2D eigenvalue weighted by molar-refractivity contribution is 6.06. The quantitative estimate of drug-likeness (QED) is 0.877. The van der Waals surface area contributed by atoms with Gasteiger partial charge in [0.25, 0.3) is 5.91 Å². The molecule has 0 radical (unpaired) electrons. The molecule has 0 heterocycles. The van der Waals surface area contributed by atoms with Crippen LogP contribution in [0.25, 0.3) is 0 Å². The van der Waals surface area contributed by atoms with Crippen molar-refractivity contribution in [2.45, 2.75) is 6.92 Å². The van der Waals surface area contributed by atoms with Crippen molar-refractivity contribution in [3.05, 3.63) is 59.7 Å². The number of esters is 1. The van der Waals surface area contributed by atoms with Gasteiger partial charge in [-0.3, -0.25) is 9.59 Å². The van der Waals surface area contributed by atoms with Crippen LogP contribution in [0.2, 0.25) is 0 Å². The van der Waals surface area contributed by atoms with E-state index >= 15 is 0 Å². The molecule has 2 amide bonds. The molecule has 2 aromatic rings. The van der Waals surface area contributed by atoms with Crippen molar-refractivity contribution in [3.63, 3.8) is 0 Å². The molecule has 6 nitrogen and oxygen atoms in total. The number of nitrogens with zero attached hydrogens (tertiary/aromatic N) is 1. The third kappa shape index (κ3) is 3.98. The molecule has 0 atom stereocenters. The van der Waals surface area contributed by atoms with Gasteiger partial charge in [0.05, 0.1) is 12.7 Å². The average Bonchev–Trinajstić information content (AvgIpc) is 2.60. The summed E-state index contributed by atoms with van der Waals surface area (Å²) in [6.07, 6.45) is 0. The lowest BCUT2D eigenvalue weighted by Crippen LogP contribution is -2.23. The highest BCUT2D eigenvalue weighted by Gasteiger charge is 2.12. The van der Waals surface area contributed by atoms with E-state index in [0.29, 0.717) is 22.5 Å². The number of hydrogen-bond donors (Lipinski definition) is 1.